The van der Waals surface area contributed by atoms with E-state index in [0.29, 0.717) is 27.7 Å². The highest BCUT2D eigenvalue weighted by Crippen LogP contribution is 2.35. The predicted molar refractivity (Wildman–Crippen MR) is 108 cm³/mol. The highest BCUT2D eigenvalue weighted by Gasteiger charge is 2.16. The molecule has 1 aromatic heterocycles. The van der Waals surface area contributed by atoms with Crippen LogP contribution in [0.25, 0.3) is 10.2 Å². The summed E-state index contributed by atoms with van der Waals surface area (Å²) in [5.41, 5.74) is 0.843. The maximum Gasteiger partial charge on any atom is 0.257 e. The van der Waals surface area contributed by atoms with Crippen molar-refractivity contribution < 1.29 is 17.9 Å². The van der Waals surface area contributed by atoms with Gasteiger partial charge < -0.3 is 4.74 Å². The Morgan fingerprint density at radius 2 is 1.89 bits per heavy atom. The molecular formula is C17H14Cl2N2O4S2. The van der Waals surface area contributed by atoms with Crippen LogP contribution < -0.4 is 10.1 Å². The standard InChI is InChI=1S/C17H14Cl2N2O4S2/c1-3-25-15-11(18)6-9(7-12(15)19)16(22)21-17-20-13-5-4-10(27(2,23)24)8-14(13)26-17/h4-8H,3H2,1-2H3,(H,20,21,22). The Balaban J connectivity index is 1.88. The fourth-order valence-electron chi connectivity index (χ4n) is 2.33. The number of halogens is 2. The van der Waals surface area contributed by atoms with E-state index in [1.807, 2.05) is 0 Å². The molecule has 0 saturated heterocycles. The lowest BCUT2D eigenvalue weighted by Gasteiger charge is -2.10. The van der Waals surface area contributed by atoms with Gasteiger partial charge in [0.15, 0.2) is 20.7 Å². The maximum absolute atomic E-state index is 12.5. The molecular weight excluding hydrogens is 431 g/mol. The topological polar surface area (TPSA) is 85.4 Å². The molecule has 0 saturated carbocycles. The van der Waals surface area contributed by atoms with E-state index in [4.69, 9.17) is 27.9 Å². The number of nitrogens with one attached hydrogen (secondary N) is 1. The van der Waals surface area contributed by atoms with Crippen LogP contribution in [0, 0.1) is 0 Å². The number of carbonyl (C=O) groups is 1. The number of aromatic nitrogens is 1. The predicted octanol–water partition coefficient (Wildman–Crippen LogP) is 4.66. The van der Waals surface area contributed by atoms with Crippen LogP contribution in [0.2, 0.25) is 10.0 Å². The minimum atomic E-state index is -3.32. The van der Waals surface area contributed by atoms with E-state index in [-0.39, 0.29) is 20.5 Å². The van der Waals surface area contributed by atoms with E-state index in [1.54, 1.807) is 13.0 Å². The van der Waals surface area contributed by atoms with Crippen LogP contribution in [0.5, 0.6) is 5.75 Å². The van der Waals surface area contributed by atoms with E-state index >= 15 is 0 Å². The van der Waals surface area contributed by atoms with Gasteiger partial charge in [0.2, 0.25) is 0 Å². The molecule has 0 bridgehead atoms. The number of amides is 1. The molecule has 1 heterocycles. The first-order valence-corrected chi connectivity index (χ1v) is 11.2. The Bertz CT molecular complexity index is 1120. The molecule has 0 aliphatic heterocycles. The molecule has 0 radical (unpaired) electrons. The molecule has 0 atom stereocenters. The first-order valence-electron chi connectivity index (χ1n) is 7.73. The lowest BCUT2D eigenvalue weighted by Crippen LogP contribution is -2.12. The quantitative estimate of drug-likeness (QED) is 0.618. The Labute approximate surface area is 170 Å². The van der Waals surface area contributed by atoms with Crippen molar-refractivity contribution >= 4 is 65.6 Å². The van der Waals surface area contributed by atoms with Crippen molar-refractivity contribution in [2.45, 2.75) is 11.8 Å². The third-order valence-electron chi connectivity index (χ3n) is 3.56. The van der Waals surface area contributed by atoms with Crippen molar-refractivity contribution in [1.82, 2.24) is 4.98 Å². The van der Waals surface area contributed by atoms with E-state index < -0.39 is 15.7 Å². The molecule has 3 aromatic rings. The van der Waals surface area contributed by atoms with Gasteiger partial charge in [-0.1, -0.05) is 34.5 Å². The molecule has 6 nitrogen and oxygen atoms in total. The molecule has 1 amide bonds. The van der Waals surface area contributed by atoms with E-state index in [2.05, 4.69) is 10.3 Å². The van der Waals surface area contributed by atoms with Gasteiger partial charge in [-0.15, -0.1) is 0 Å². The molecule has 10 heteroatoms. The van der Waals surface area contributed by atoms with Gasteiger partial charge >= 0.3 is 0 Å². The first kappa shape index (κ1) is 19.9. The monoisotopic (exact) mass is 444 g/mol. The normalized spacial score (nSPS) is 11.6. The number of rotatable bonds is 5. The summed E-state index contributed by atoms with van der Waals surface area (Å²) in [5, 5.41) is 3.47. The third-order valence-corrected chi connectivity index (χ3v) is 6.16. The Morgan fingerprint density at radius 3 is 2.48 bits per heavy atom. The van der Waals surface area contributed by atoms with Crippen LogP contribution in [-0.2, 0) is 9.84 Å². The number of ether oxygens (including phenoxy) is 1. The van der Waals surface area contributed by atoms with Crippen molar-refractivity contribution in [2.24, 2.45) is 0 Å². The van der Waals surface area contributed by atoms with Gasteiger partial charge in [-0.05, 0) is 37.3 Å². The molecule has 142 valence electrons. The fraction of sp³-hybridized carbons (Fsp3) is 0.176. The summed E-state index contributed by atoms with van der Waals surface area (Å²) < 4.78 is 29.3. The van der Waals surface area contributed by atoms with Gasteiger partial charge in [-0.2, -0.15) is 0 Å². The second kappa shape index (κ2) is 7.63. The molecule has 0 spiro atoms. The smallest absolute Gasteiger partial charge is 0.257 e. The van der Waals surface area contributed by atoms with Crippen LogP contribution in [0.4, 0.5) is 5.13 Å². The second-order valence-electron chi connectivity index (χ2n) is 5.58. The summed E-state index contributed by atoms with van der Waals surface area (Å²) in [6, 6.07) is 7.53. The summed E-state index contributed by atoms with van der Waals surface area (Å²) in [5.74, 6) is -0.116. The molecule has 0 aliphatic carbocycles. The molecule has 0 unspecified atom stereocenters. The molecule has 3 rings (SSSR count). The number of thiazole rings is 1. The van der Waals surface area contributed by atoms with Gasteiger partial charge in [-0.3, -0.25) is 10.1 Å². The number of fused-ring (bicyclic) bond motifs is 1. The summed E-state index contributed by atoms with van der Waals surface area (Å²) in [4.78, 5) is 17.0. The zero-order valence-corrected chi connectivity index (χ0v) is 17.4. The Morgan fingerprint density at radius 1 is 1.22 bits per heavy atom. The van der Waals surface area contributed by atoms with Crippen LogP contribution in [0.1, 0.15) is 17.3 Å². The molecule has 2 aromatic carbocycles. The van der Waals surface area contributed by atoms with Crippen LogP contribution >= 0.6 is 34.5 Å². The van der Waals surface area contributed by atoms with E-state index in [9.17, 15) is 13.2 Å². The minimum Gasteiger partial charge on any atom is -0.491 e. The first-order chi connectivity index (χ1) is 12.7. The Kier molecular flexibility index (Phi) is 5.62. The SMILES string of the molecule is CCOc1c(Cl)cc(C(=O)Nc2nc3ccc(S(C)(=O)=O)cc3s2)cc1Cl. The number of hydrogen-bond acceptors (Lipinski definition) is 6. The maximum atomic E-state index is 12.5. The summed E-state index contributed by atoms with van der Waals surface area (Å²) in [7, 11) is -3.32. The molecule has 0 aliphatic rings. The number of hydrogen-bond donors (Lipinski definition) is 1. The van der Waals surface area contributed by atoms with E-state index in [1.165, 1.54) is 35.6 Å². The number of carbonyl (C=O) groups excluding carboxylic acids is 1. The number of anilines is 1. The van der Waals surface area contributed by atoms with Crippen LogP contribution in [0.3, 0.4) is 0 Å². The highest BCUT2D eigenvalue weighted by molar-refractivity contribution is 7.90. The molecule has 27 heavy (non-hydrogen) atoms. The average molecular weight is 445 g/mol. The van der Waals surface area contributed by atoms with Gasteiger partial charge in [0.25, 0.3) is 5.91 Å². The molecule has 0 fully saturated rings. The van der Waals surface area contributed by atoms with Crippen LogP contribution in [-0.4, -0.2) is 32.2 Å². The lowest BCUT2D eigenvalue weighted by molar-refractivity contribution is 0.102. The van der Waals surface area contributed by atoms with Gasteiger partial charge in [0.1, 0.15) is 0 Å². The number of sulfone groups is 1. The lowest BCUT2D eigenvalue weighted by atomic mass is 10.2. The van der Waals surface area contributed by atoms with Gasteiger partial charge in [0.05, 0.1) is 31.8 Å². The summed E-state index contributed by atoms with van der Waals surface area (Å²) >= 11 is 13.4. The summed E-state index contributed by atoms with van der Waals surface area (Å²) in [6.45, 7) is 2.20. The third kappa shape index (κ3) is 4.35. The average Bonchev–Trinajstić information content (AvgIpc) is 2.98. The second-order valence-corrected chi connectivity index (χ2v) is 9.44. The van der Waals surface area contributed by atoms with Crippen molar-refractivity contribution in [3.8, 4) is 5.75 Å². The van der Waals surface area contributed by atoms with Gasteiger partial charge in [-0.25, -0.2) is 13.4 Å². The summed E-state index contributed by atoms with van der Waals surface area (Å²) in [6.07, 6.45) is 1.14. The zero-order chi connectivity index (χ0) is 19.8. The van der Waals surface area contributed by atoms with E-state index in [0.717, 1.165) is 6.26 Å². The van der Waals surface area contributed by atoms with Crippen molar-refractivity contribution in [2.75, 3.05) is 18.2 Å². The van der Waals surface area contributed by atoms with Crippen molar-refractivity contribution in [3.63, 3.8) is 0 Å². The number of benzene rings is 2. The number of nitrogens with zero attached hydrogens (tertiary/aromatic N) is 1. The van der Waals surface area contributed by atoms with Gasteiger partial charge in [0, 0.05) is 11.8 Å². The van der Waals surface area contributed by atoms with Crippen molar-refractivity contribution in [3.05, 3.63) is 45.9 Å². The minimum absolute atomic E-state index is 0.196. The molecule has 1 N–H and O–H groups in total. The van der Waals surface area contributed by atoms with Crippen molar-refractivity contribution in [1.29, 1.82) is 0 Å². The largest absolute Gasteiger partial charge is 0.491 e. The zero-order valence-electron chi connectivity index (χ0n) is 14.2. The highest BCUT2D eigenvalue weighted by atomic mass is 35.5. The fourth-order valence-corrected chi connectivity index (χ4v) is 4.55. The van der Waals surface area contributed by atoms with Crippen LogP contribution in [0.15, 0.2) is 35.2 Å². The Hall–Kier alpha value is -1.87.